The van der Waals surface area contributed by atoms with E-state index in [2.05, 4.69) is 41.6 Å². The summed E-state index contributed by atoms with van der Waals surface area (Å²) in [4.78, 5) is 14.9. The fourth-order valence-electron chi connectivity index (χ4n) is 4.08. The Morgan fingerprint density at radius 3 is 2.52 bits per heavy atom. The van der Waals surface area contributed by atoms with Crippen molar-refractivity contribution in [3.05, 3.63) is 23.0 Å². The van der Waals surface area contributed by atoms with E-state index in [0.717, 1.165) is 56.8 Å². The van der Waals surface area contributed by atoms with Gasteiger partial charge in [0.25, 0.3) is 5.91 Å². The van der Waals surface area contributed by atoms with E-state index in [1.807, 2.05) is 0 Å². The lowest BCUT2D eigenvalue weighted by molar-refractivity contribution is 0.0607. The van der Waals surface area contributed by atoms with Crippen molar-refractivity contribution in [1.29, 1.82) is 0 Å². The summed E-state index contributed by atoms with van der Waals surface area (Å²) in [5.74, 6) is 0.226. The van der Waals surface area contributed by atoms with Gasteiger partial charge in [-0.2, -0.15) is 0 Å². The van der Waals surface area contributed by atoms with Gasteiger partial charge in [-0.1, -0.05) is 0 Å². The maximum atomic E-state index is 12.8. The van der Waals surface area contributed by atoms with Crippen LogP contribution in [0.3, 0.4) is 0 Å². The number of hydrogen-bond donors (Lipinski definition) is 1. The molecule has 1 spiro atoms. The van der Waals surface area contributed by atoms with Crippen molar-refractivity contribution in [3.8, 4) is 0 Å². The molecule has 2 saturated heterocycles. The van der Waals surface area contributed by atoms with Crippen LogP contribution in [0.2, 0.25) is 0 Å². The third-order valence-electron chi connectivity index (χ3n) is 5.56. The normalized spacial score (nSPS) is 21.2. The Balaban J connectivity index is 1.72. The van der Waals surface area contributed by atoms with E-state index in [1.165, 1.54) is 12.1 Å². The SMILES string of the molecule is CCn1c(C)cc(C(=O)N2CCC3(CCNC3)CC2)c1C. The zero-order valence-corrected chi connectivity index (χ0v) is 13.5. The molecule has 3 heterocycles. The lowest BCUT2D eigenvalue weighted by Gasteiger charge is -2.38. The number of aryl methyl sites for hydroxylation is 1. The molecule has 2 aliphatic heterocycles. The van der Waals surface area contributed by atoms with Crippen molar-refractivity contribution >= 4 is 5.91 Å². The molecule has 1 aromatic heterocycles. The number of amides is 1. The summed E-state index contributed by atoms with van der Waals surface area (Å²) >= 11 is 0. The van der Waals surface area contributed by atoms with Gasteiger partial charge in [-0.15, -0.1) is 0 Å². The third-order valence-corrected chi connectivity index (χ3v) is 5.56. The van der Waals surface area contributed by atoms with E-state index in [0.29, 0.717) is 5.41 Å². The van der Waals surface area contributed by atoms with Crippen molar-refractivity contribution in [2.24, 2.45) is 5.41 Å². The molecule has 2 aliphatic rings. The van der Waals surface area contributed by atoms with Gasteiger partial charge in [0, 0.05) is 37.6 Å². The molecule has 1 amide bonds. The van der Waals surface area contributed by atoms with E-state index in [4.69, 9.17) is 0 Å². The van der Waals surface area contributed by atoms with Gasteiger partial charge in [0.05, 0.1) is 5.56 Å². The highest BCUT2D eigenvalue weighted by molar-refractivity contribution is 5.95. The molecule has 0 unspecified atom stereocenters. The van der Waals surface area contributed by atoms with Crippen LogP contribution < -0.4 is 5.32 Å². The first-order valence-electron chi connectivity index (χ1n) is 8.23. The molecule has 21 heavy (non-hydrogen) atoms. The summed E-state index contributed by atoms with van der Waals surface area (Å²) in [5, 5.41) is 3.48. The highest BCUT2D eigenvalue weighted by atomic mass is 16.2. The molecule has 1 aromatic rings. The summed E-state index contributed by atoms with van der Waals surface area (Å²) in [6, 6.07) is 2.06. The average Bonchev–Trinajstić information content (AvgIpc) is 3.04. The topological polar surface area (TPSA) is 37.3 Å². The number of piperidine rings is 1. The number of nitrogens with zero attached hydrogens (tertiary/aromatic N) is 2. The average molecular weight is 289 g/mol. The largest absolute Gasteiger partial charge is 0.349 e. The zero-order valence-electron chi connectivity index (χ0n) is 13.5. The fraction of sp³-hybridized carbons (Fsp3) is 0.706. The standard InChI is InChI=1S/C17H27N3O/c1-4-20-13(2)11-15(14(20)3)16(21)19-9-6-17(7-10-19)5-8-18-12-17/h11,18H,4-10,12H2,1-3H3. The van der Waals surface area contributed by atoms with Crippen molar-refractivity contribution in [3.63, 3.8) is 0 Å². The summed E-state index contributed by atoms with van der Waals surface area (Å²) < 4.78 is 2.22. The minimum Gasteiger partial charge on any atom is -0.349 e. The molecule has 1 N–H and O–H groups in total. The van der Waals surface area contributed by atoms with Gasteiger partial charge < -0.3 is 14.8 Å². The van der Waals surface area contributed by atoms with E-state index >= 15 is 0 Å². The molecule has 116 valence electrons. The van der Waals surface area contributed by atoms with Crippen LogP contribution in [-0.4, -0.2) is 41.6 Å². The van der Waals surface area contributed by atoms with E-state index in [-0.39, 0.29) is 5.91 Å². The van der Waals surface area contributed by atoms with Crippen LogP contribution in [0, 0.1) is 19.3 Å². The minimum absolute atomic E-state index is 0.226. The molecule has 0 aliphatic carbocycles. The molecule has 0 aromatic carbocycles. The first-order chi connectivity index (χ1) is 10.1. The van der Waals surface area contributed by atoms with Gasteiger partial charge in [0.2, 0.25) is 0 Å². The molecule has 0 radical (unpaired) electrons. The van der Waals surface area contributed by atoms with Gasteiger partial charge in [-0.05, 0) is 58.1 Å². The van der Waals surface area contributed by atoms with Crippen molar-refractivity contribution in [1.82, 2.24) is 14.8 Å². The maximum absolute atomic E-state index is 12.8. The number of aromatic nitrogens is 1. The minimum atomic E-state index is 0.226. The Kier molecular flexibility index (Phi) is 3.82. The van der Waals surface area contributed by atoms with E-state index < -0.39 is 0 Å². The molecule has 4 heteroatoms. The number of likely N-dealkylation sites (tertiary alicyclic amines) is 1. The number of carbonyl (C=O) groups excluding carboxylic acids is 1. The van der Waals surface area contributed by atoms with Crippen LogP contribution in [0.1, 0.15) is 47.9 Å². The van der Waals surface area contributed by atoms with Crippen LogP contribution in [-0.2, 0) is 6.54 Å². The predicted octanol–water partition coefficient (Wildman–Crippen LogP) is 2.34. The Hall–Kier alpha value is -1.29. The van der Waals surface area contributed by atoms with Gasteiger partial charge in [0.15, 0.2) is 0 Å². The lowest BCUT2D eigenvalue weighted by Crippen LogP contribution is -2.44. The van der Waals surface area contributed by atoms with Crippen molar-refractivity contribution in [2.75, 3.05) is 26.2 Å². The smallest absolute Gasteiger partial charge is 0.255 e. The Bertz CT molecular complexity index is 530. The summed E-state index contributed by atoms with van der Waals surface area (Å²) in [7, 11) is 0. The highest BCUT2D eigenvalue weighted by Crippen LogP contribution is 2.37. The van der Waals surface area contributed by atoms with E-state index in [1.54, 1.807) is 0 Å². The maximum Gasteiger partial charge on any atom is 0.255 e. The van der Waals surface area contributed by atoms with Gasteiger partial charge in [-0.3, -0.25) is 4.79 Å². The molecule has 0 bridgehead atoms. The molecule has 2 fully saturated rings. The summed E-state index contributed by atoms with van der Waals surface area (Å²) in [5.41, 5.74) is 3.67. The number of rotatable bonds is 2. The third kappa shape index (κ3) is 2.50. The molecular weight excluding hydrogens is 262 g/mol. The van der Waals surface area contributed by atoms with Crippen LogP contribution in [0.25, 0.3) is 0 Å². The molecule has 4 nitrogen and oxygen atoms in total. The molecule has 0 saturated carbocycles. The van der Waals surface area contributed by atoms with Crippen LogP contribution >= 0.6 is 0 Å². The van der Waals surface area contributed by atoms with Crippen LogP contribution in [0.15, 0.2) is 6.07 Å². The van der Waals surface area contributed by atoms with E-state index in [9.17, 15) is 4.79 Å². The van der Waals surface area contributed by atoms with Crippen LogP contribution in [0.4, 0.5) is 0 Å². The van der Waals surface area contributed by atoms with Crippen molar-refractivity contribution < 1.29 is 4.79 Å². The number of carbonyl (C=O) groups is 1. The second kappa shape index (κ2) is 5.48. The predicted molar refractivity (Wildman–Crippen MR) is 84.6 cm³/mol. The molecule has 0 atom stereocenters. The van der Waals surface area contributed by atoms with Gasteiger partial charge in [-0.25, -0.2) is 0 Å². The van der Waals surface area contributed by atoms with Crippen LogP contribution in [0.5, 0.6) is 0 Å². The first-order valence-corrected chi connectivity index (χ1v) is 8.23. The van der Waals surface area contributed by atoms with Gasteiger partial charge >= 0.3 is 0 Å². The second-order valence-corrected chi connectivity index (χ2v) is 6.75. The fourth-order valence-corrected chi connectivity index (χ4v) is 4.08. The lowest BCUT2D eigenvalue weighted by atomic mass is 9.78. The van der Waals surface area contributed by atoms with Crippen molar-refractivity contribution in [2.45, 2.75) is 46.6 Å². The monoisotopic (exact) mass is 289 g/mol. The Labute approximate surface area is 127 Å². The summed E-state index contributed by atoms with van der Waals surface area (Å²) in [6.07, 6.45) is 3.58. The Morgan fingerprint density at radius 1 is 1.29 bits per heavy atom. The quantitative estimate of drug-likeness (QED) is 0.907. The number of hydrogen-bond acceptors (Lipinski definition) is 2. The second-order valence-electron chi connectivity index (χ2n) is 6.75. The Morgan fingerprint density at radius 2 is 2.00 bits per heavy atom. The zero-order chi connectivity index (χ0) is 15.0. The first kappa shape index (κ1) is 14.6. The molecular formula is C17H27N3O. The number of nitrogens with one attached hydrogen (secondary N) is 1. The highest BCUT2D eigenvalue weighted by Gasteiger charge is 2.38. The summed E-state index contributed by atoms with van der Waals surface area (Å²) in [6.45, 7) is 11.3. The molecule has 3 rings (SSSR count). The van der Waals surface area contributed by atoms with Gasteiger partial charge in [0.1, 0.15) is 0 Å².